The van der Waals surface area contributed by atoms with E-state index >= 15 is 0 Å². The average Bonchev–Trinajstić information content (AvgIpc) is 2.78. The number of fused-ring (bicyclic) bond motifs is 1. The van der Waals surface area contributed by atoms with Crippen molar-refractivity contribution in [3.8, 4) is 5.75 Å². The van der Waals surface area contributed by atoms with E-state index < -0.39 is 12.0 Å². The van der Waals surface area contributed by atoms with Gasteiger partial charge in [-0.3, -0.25) is 0 Å². The summed E-state index contributed by atoms with van der Waals surface area (Å²) in [7, 11) is 1.35. The van der Waals surface area contributed by atoms with Gasteiger partial charge in [-0.05, 0) is 55.3 Å². The number of anilines is 1. The second kappa shape index (κ2) is 8.44. The SMILES string of the molecule is COC(=O)c1ccc(C(Nc2cc(C)ccn2)c2ccc3ccc(C)nc3c2O)cc1. The lowest BCUT2D eigenvalue weighted by atomic mass is 9.95. The predicted molar refractivity (Wildman–Crippen MR) is 120 cm³/mol. The Balaban J connectivity index is 1.83. The van der Waals surface area contributed by atoms with Gasteiger partial charge in [0.15, 0.2) is 0 Å². The van der Waals surface area contributed by atoms with Crippen LogP contribution >= 0.6 is 0 Å². The maximum atomic E-state index is 11.8. The van der Waals surface area contributed by atoms with E-state index in [-0.39, 0.29) is 5.75 Å². The van der Waals surface area contributed by atoms with Gasteiger partial charge in [-0.25, -0.2) is 14.8 Å². The van der Waals surface area contributed by atoms with Gasteiger partial charge in [-0.15, -0.1) is 0 Å². The van der Waals surface area contributed by atoms with Crippen molar-refractivity contribution in [3.05, 3.63) is 94.8 Å². The van der Waals surface area contributed by atoms with Gasteiger partial charge in [-0.2, -0.15) is 0 Å². The normalized spacial score (nSPS) is 11.8. The van der Waals surface area contributed by atoms with E-state index in [0.717, 1.165) is 22.2 Å². The van der Waals surface area contributed by atoms with E-state index in [2.05, 4.69) is 15.3 Å². The molecule has 4 rings (SSSR count). The van der Waals surface area contributed by atoms with Gasteiger partial charge in [0.05, 0.1) is 18.7 Å². The number of ether oxygens (including phenoxy) is 1. The number of phenolic OH excluding ortho intramolecular Hbond substituents is 1. The summed E-state index contributed by atoms with van der Waals surface area (Å²) >= 11 is 0. The number of nitrogens with zero attached hydrogens (tertiary/aromatic N) is 2. The van der Waals surface area contributed by atoms with Crippen LogP contribution in [0, 0.1) is 13.8 Å². The van der Waals surface area contributed by atoms with Gasteiger partial charge in [0.2, 0.25) is 0 Å². The number of methoxy groups -OCH3 is 1. The highest BCUT2D eigenvalue weighted by molar-refractivity contribution is 5.89. The second-order valence-electron chi connectivity index (χ2n) is 7.44. The molecule has 0 saturated heterocycles. The monoisotopic (exact) mass is 413 g/mol. The number of phenols is 1. The number of benzene rings is 2. The van der Waals surface area contributed by atoms with Crippen molar-refractivity contribution in [2.45, 2.75) is 19.9 Å². The van der Waals surface area contributed by atoms with Crippen molar-refractivity contribution in [2.24, 2.45) is 0 Å². The zero-order chi connectivity index (χ0) is 22.0. The second-order valence-corrected chi connectivity index (χ2v) is 7.44. The van der Waals surface area contributed by atoms with Crippen molar-refractivity contribution in [1.29, 1.82) is 0 Å². The highest BCUT2D eigenvalue weighted by Crippen LogP contribution is 2.36. The largest absolute Gasteiger partial charge is 0.505 e. The number of hydrogen-bond acceptors (Lipinski definition) is 6. The summed E-state index contributed by atoms with van der Waals surface area (Å²) in [5.41, 5.74) is 4.42. The van der Waals surface area contributed by atoms with E-state index in [4.69, 9.17) is 4.74 Å². The number of hydrogen-bond donors (Lipinski definition) is 2. The summed E-state index contributed by atoms with van der Waals surface area (Å²) in [5, 5.41) is 15.4. The Morgan fingerprint density at radius 2 is 1.77 bits per heavy atom. The fraction of sp³-hybridized carbons (Fsp3) is 0.160. The number of pyridine rings is 2. The lowest BCUT2D eigenvalue weighted by Gasteiger charge is -2.22. The van der Waals surface area contributed by atoms with Crippen molar-refractivity contribution < 1.29 is 14.6 Å². The van der Waals surface area contributed by atoms with Gasteiger partial charge < -0.3 is 15.2 Å². The van der Waals surface area contributed by atoms with Crippen LogP contribution in [-0.2, 0) is 4.74 Å². The summed E-state index contributed by atoms with van der Waals surface area (Å²) in [4.78, 5) is 20.8. The molecule has 0 spiro atoms. The third-order valence-electron chi connectivity index (χ3n) is 5.19. The summed E-state index contributed by atoms with van der Waals surface area (Å²) in [6.07, 6.45) is 1.74. The molecule has 0 radical (unpaired) electrons. The maximum Gasteiger partial charge on any atom is 0.337 e. The molecule has 0 aliphatic heterocycles. The molecule has 0 fully saturated rings. The van der Waals surface area contributed by atoms with Crippen LogP contribution in [0.1, 0.15) is 38.8 Å². The number of rotatable bonds is 5. The molecule has 2 heterocycles. The predicted octanol–water partition coefficient (Wildman–Crippen LogP) is 4.94. The first kappa shape index (κ1) is 20.3. The zero-order valence-corrected chi connectivity index (χ0v) is 17.6. The lowest BCUT2D eigenvalue weighted by Crippen LogP contribution is -2.14. The van der Waals surface area contributed by atoms with E-state index in [1.54, 1.807) is 18.3 Å². The molecule has 0 aliphatic rings. The Labute approximate surface area is 180 Å². The fourth-order valence-corrected chi connectivity index (χ4v) is 3.55. The first-order valence-corrected chi connectivity index (χ1v) is 9.93. The maximum absolute atomic E-state index is 11.8. The van der Waals surface area contributed by atoms with Gasteiger partial charge in [-0.1, -0.05) is 30.3 Å². The van der Waals surface area contributed by atoms with Crippen LogP contribution in [0.25, 0.3) is 10.9 Å². The minimum atomic E-state index is -0.410. The summed E-state index contributed by atoms with van der Waals surface area (Å²) < 4.78 is 4.80. The van der Waals surface area contributed by atoms with Gasteiger partial charge in [0.25, 0.3) is 0 Å². The Morgan fingerprint density at radius 3 is 2.48 bits per heavy atom. The number of carbonyl (C=O) groups is 1. The Morgan fingerprint density at radius 1 is 1.03 bits per heavy atom. The molecule has 2 aromatic heterocycles. The molecule has 4 aromatic rings. The van der Waals surface area contributed by atoms with E-state index in [1.807, 2.05) is 62.4 Å². The number of nitrogens with one attached hydrogen (secondary N) is 1. The van der Waals surface area contributed by atoms with Crippen molar-refractivity contribution in [3.63, 3.8) is 0 Å². The van der Waals surface area contributed by atoms with Crippen LogP contribution in [0.3, 0.4) is 0 Å². The van der Waals surface area contributed by atoms with Gasteiger partial charge in [0, 0.05) is 22.8 Å². The first-order chi connectivity index (χ1) is 15.0. The van der Waals surface area contributed by atoms with Crippen molar-refractivity contribution >= 4 is 22.7 Å². The quantitative estimate of drug-likeness (QED) is 0.451. The van der Waals surface area contributed by atoms with E-state index in [9.17, 15) is 9.90 Å². The highest BCUT2D eigenvalue weighted by Gasteiger charge is 2.21. The molecule has 0 amide bonds. The molecule has 6 nitrogen and oxygen atoms in total. The molecule has 0 saturated carbocycles. The zero-order valence-electron chi connectivity index (χ0n) is 17.6. The molecule has 1 atom stereocenters. The molecule has 2 N–H and O–H groups in total. The number of aryl methyl sites for hydroxylation is 2. The molecular formula is C25H23N3O3. The fourth-order valence-electron chi connectivity index (χ4n) is 3.55. The van der Waals surface area contributed by atoms with Crippen LogP contribution in [0.2, 0.25) is 0 Å². The molecule has 2 aromatic carbocycles. The average molecular weight is 413 g/mol. The smallest absolute Gasteiger partial charge is 0.337 e. The minimum Gasteiger partial charge on any atom is -0.505 e. The third kappa shape index (κ3) is 4.19. The van der Waals surface area contributed by atoms with Crippen LogP contribution in [0.5, 0.6) is 5.75 Å². The molecular weight excluding hydrogens is 390 g/mol. The molecule has 156 valence electrons. The number of aromatic hydroxyl groups is 1. The van der Waals surface area contributed by atoms with Crippen molar-refractivity contribution in [2.75, 3.05) is 12.4 Å². The molecule has 0 bridgehead atoms. The summed E-state index contributed by atoms with van der Waals surface area (Å²) in [6, 6.07) is 18.2. The number of aromatic nitrogens is 2. The molecule has 6 heteroatoms. The summed E-state index contributed by atoms with van der Waals surface area (Å²) in [6.45, 7) is 3.89. The van der Waals surface area contributed by atoms with Crippen LogP contribution in [0.4, 0.5) is 5.82 Å². The van der Waals surface area contributed by atoms with Crippen LogP contribution in [0.15, 0.2) is 66.9 Å². The summed E-state index contributed by atoms with van der Waals surface area (Å²) in [5.74, 6) is 0.395. The highest BCUT2D eigenvalue weighted by atomic mass is 16.5. The topological polar surface area (TPSA) is 84.3 Å². The molecule has 0 aliphatic carbocycles. The van der Waals surface area contributed by atoms with Crippen LogP contribution < -0.4 is 5.32 Å². The van der Waals surface area contributed by atoms with Gasteiger partial charge in [0.1, 0.15) is 17.1 Å². The van der Waals surface area contributed by atoms with E-state index in [0.29, 0.717) is 22.5 Å². The van der Waals surface area contributed by atoms with Crippen LogP contribution in [-0.4, -0.2) is 28.2 Å². The standard InChI is InChI=1S/C25H23N3O3/c1-15-12-13-26-21(14-15)28-22(17-6-8-19(9-7-17)25(30)31-3)20-11-10-18-5-4-16(2)27-23(18)24(20)29/h4-14,22,29H,1-3H3,(H,26,28). The first-order valence-electron chi connectivity index (χ1n) is 9.93. The van der Waals surface area contributed by atoms with E-state index in [1.165, 1.54) is 7.11 Å². The van der Waals surface area contributed by atoms with Gasteiger partial charge >= 0.3 is 5.97 Å². The van der Waals surface area contributed by atoms with Crippen molar-refractivity contribution in [1.82, 2.24) is 9.97 Å². The lowest BCUT2D eigenvalue weighted by molar-refractivity contribution is 0.0600. The number of carbonyl (C=O) groups excluding carboxylic acids is 1. The molecule has 31 heavy (non-hydrogen) atoms. The molecule has 1 unspecified atom stereocenters. The Bertz CT molecular complexity index is 1250. The third-order valence-corrected chi connectivity index (χ3v) is 5.19. The Kier molecular flexibility index (Phi) is 5.54. The number of esters is 1. The Hall–Kier alpha value is -3.93. The minimum absolute atomic E-state index is 0.114.